The molecule has 0 heterocycles. The van der Waals surface area contributed by atoms with Crippen LogP contribution >= 0.6 is 11.8 Å². The number of nitrogens with two attached hydrogens (primary N) is 1. The van der Waals surface area contributed by atoms with E-state index in [1.54, 1.807) is 7.11 Å². The van der Waals surface area contributed by atoms with Crippen molar-refractivity contribution in [3.8, 4) is 5.75 Å². The van der Waals surface area contributed by atoms with E-state index in [0.29, 0.717) is 11.5 Å². The third-order valence-corrected chi connectivity index (χ3v) is 6.79. The first-order chi connectivity index (χ1) is 17.9. The van der Waals surface area contributed by atoms with Gasteiger partial charge in [0.25, 0.3) is 0 Å². The predicted molar refractivity (Wildman–Crippen MR) is 145 cm³/mol. The molecule has 0 spiro atoms. The Morgan fingerprint density at radius 1 is 0.944 bits per heavy atom. The van der Waals surface area contributed by atoms with Crippen LogP contribution in [0.25, 0.3) is 0 Å². The first kappa shape index (κ1) is 25.8. The number of carbonyl (C=O) groups is 2. The first-order valence-corrected chi connectivity index (χ1v) is 13.1. The lowest BCUT2D eigenvalue weighted by molar-refractivity contribution is -0.153. The van der Waals surface area contributed by atoms with Gasteiger partial charge in [-0.15, -0.1) is 0 Å². The van der Waals surface area contributed by atoms with Gasteiger partial charge in [0.2, 0.25) is 5.91 Å². The van der Waals surface area contributed by atoms with E-state index >= 15 is 0 Å². The number of esters is 1. The van der Waals surface area contributed by atoms with Gasteiger partial charge in [0.1, 0.15) is 13.2 Å². The third kappa shape index (κ3) is 7.86. The molecule has 0 bridgehead atoms. The minimum absolute atomic E-state index is 0.206. The van der Waals surface area contributed by atoms with Crippen molar-refractivity contribution < 1.29 is 20.5 Å². The maximum absolute atomic E-state index is 13.3. The van der Waals surface area contributed by atoms with E-state index in [9.17, 15) is 9.59 Å². The lowest BCUT2D eigenvalue weighted by Crippen LogP contribution is -2.52. The summed E-state index contributed by atoms with van der Waals surface area (Å²) in [4.78, 5) is 26.3. The molecule has 3 aromatic carbocycles. The standard InChI is InChI=1S/C29H34N2O4S/c1-20(2)26(31-28(32)25(30)19-36-18-21-14-16-24(34-3)17-15-21)29(33)35-27(22-10-6-4-7-11-22)23-12-8-5-9-13-23/h4-17,20,25-27H,18-19,30H2,1-3H3,(H,31,32)/t25-,26-/m0/s1/i/hD. The molecule has 0 unspecified atom stereocenters. The molecule has 190 valence electrons. The molecule has 0 aromatic heterocycles. The number of hydrogen-bond donors (Lipinski definition) is 2. The fourth-order valence-corrected chi connectivity index (χ4v) is 4.55. The molecular weight excluding hydrogens is 472 g/mol. The van der Waals surface area contributed by atoms with Crippen LogP contribution in [0.3, 0.4) is 0 Å². The van der Waals surface area contributed by atoms with Gasteiger partial charge in [0, 0.05) is 11.5 Å². The van der Waals surface area contributed by atoms with Gasteiger partial charge < -0.3 is 20.5 Å². The molecule has 0 aliphatic rings. The Bertz CT molecular complexity index is 1070. The quantitative estimate of drug-likeness (QED) is 0.325. The SMILES string of the molecule is [2H]N[C@@H](CSCc1ccc(OC)cc1)C(=O)N[C@H](C(=O)OC(c1ccccc1)c1ccccc1)C(C)C. The van der Waals surface area contributed by atoms with Crippen molar-refractivity contribution in [2.75, 3.05) is 12.9 Å². The molecule has 0 aliphatic carbocycles. The van der Waals surface area contributed by atoms with Gasteiger partial charge in [0.05, 0.1) is 13.2 Å². The zero-order valence-corrected chi connectivity index (χ0v) is 21.7. The number of carbonyl (C=O) groups excluding carboxylic acids is 2. The largest absolute Gasteiger partial charge is 0.497 e. The van der Waals surface area contributed by atoms with Crippen molar-refractivity contribution in [2.24, 2.45) is 11.6 Å². The van der Waals surface area contributed by atoms with Crippen LogP contribution in [0.5, 0.6) is 5.75 Å². The van der Waals surface area contributed by atoms with Crippen molar-refractivity contribution in [3.05, 3.63) is 102 Å². The van der Waals surface area contributed by atoms with Gasteiger partial charge >= 0.3 is 5.97 Å². The Morgan fingerprint density at radius 3 is 2.03 bits per heavy atom. The number of hydrogen-bond acceptors (Lipinski definition) is 6. The van der Waals surface area contributed by atoms with E-state index in [2.05, 4.69) is 11.0 Å². The van der Waals surface area contributed by atoms with Gasteiger partial charge in [-0.05, 0) is 34.7 Å². The van der Waals surface area contributed by atoms with Crippen LogP contribution in [0, 0.1) is 5.92 Å². The maximum Gasteiger partial charge on any atom is 0.329 e. The van der Waals surface area contributed by atoms with E-state index in [0.717, 1.165) is 22.4 Å². The van der Waals surface area contributed by atoms with Crippen LogP contribution in [0.1, 0.15) is 36.6 Å². The Morgan fingerprint density at radius 2 is 1.53 bits per heavy atom. The van der Waals surface area contributed by atoms with Crippen LogP contribution in [-0.4, -0.2) is 36.8 Å². The van der Waals surface area contributed by atoms with E-state index in [1.807, 2.05) is 98.8 Å². The number of nitrogens with one attached hydrogen (secondary N) is 1. The second-order valence-electron chi connectivity index (χ2n) is 8.78. The highest BCUT2D eigenvalue weighted by molar-refractivity contribution is 7.98. The zero-order valence-electron chi connectivity index (χ0n) is 21.8. The number of amides is 1. The summed E-state index contributed by atoms with van der Waals surface area (Å²) >= 11 is 1.53. The Kier molecular flexibility index (Phi) is 9.82. The second-order valence-corrected chi connectivity index (χ2v) is 9.81. The lowest BCUT2D eigenvalue weighted by atomic mass is 10.0. The number of methoxy groups -OCH3 is 1. The van der Waals surface area contributed by atoms with E-state index in [1.165, 1.54) is 11.8 Å². The summed E-state index contributed by atoms with van der Waals surface area (Å²) in [5.74, 6) is 0.701. The summed E-state index contributed by atoms with van der Waals surface area (Å²) in [6.45, 7) is 3.71. The van der Waals surface area contributed by atoms with Crippen LogP contribution in [0.2, 0.25) is 1.41 Å². The van der Waals surface area contributed by atoms with Crippen molar-refractivity contribution in [1.29, 1.82) is 0 Å². The molecule has 0 fully saturated rings. The van der Waals surface area contributed by atoms with E-state index < -0.39 is 30.1 Å². The molecule has 0 radical (unpaired) electrons. The second kappa shape index (κ2) is 13.7. The summed E-state index contributed by atoms with van der Waals surface area (Å²) in [6, 6.07) is 25.1. The van der Waals surface area contributed by atoms with Crippen molar-refractivity contribution in [1.82, 2.24) is 5.32 Å². The highest BCUT2D eigenvalue weighted by atomic mass is 32.2. The van der Waals surface area contributed by atoms with E-state index in [4.69, 9.17) is 10.9 Å². The number of rotatable bonds is 13. The number of benzene rings is 3. The average Bonchev–Trinajstić information content (AvgIpc) is 2.93. The molecule has 1 amide bonds. The molecule has 2 atom stereocenters. The first-order valence-electron chi connectivity index (χ1n) is 12.4. The summed E-state index contributed by atoms with van der Waals surface area (Å²) in [5.41, 5.74) is 5.10. The molecular formula is C29H34N2O4S. The van der Waals surface area contributed by atoms with Gasteiger partial charge in [0.15, 0.2) is 6.10 Å². The third-order valence-electron chi connectivity index (χ3n) is 5.69. The smallest absolute Gasteiger partial charge is 0.329 e. The minimum Gasteiger partial charge on any atom is -0.497 e. The average molecular weight is 508 g/mol. The van der Waals surface area contributed by atoms with Crippen LogP contribution in [-0.2, 0) is 20.1 Å². The highest BCUT2D eigenvalue weighted by Crippen LogP contribution is 2.27. The fraction of sp³-hybridized carbons (Fsp3) is 0.310. The molecule has 3 aromatic rings. The maximum atomic E-state index is 13.3. The van der Waals surface area contributed by atoms with Gasteiger partial charge in [-0.25, -0.2) is 4.79 Å². The zero-order chi connectivity index (χ0) is 26.6. The fourth-order valence-electron chi connectivity index (χ4n) is 3.62. The van der Waals surface area contributed by atoms with Gasteiger partial charge in [-0.2, -0.15) is 11.8 Å². The molecule has 0 aliphatic heterocycles. The Balaban J connectivity index is 1.64. The topological polar surface area (TPSA) is 90.6 Å². The molecule has 3 rings (SSSR count). The monoisotopic (exact) mass is 507 g/mol. The molecule has 0 saturated carbocycles. The highest BCUT2D eigenvalue weighted by Gasteiger charge is 2.30. The molecule has 0 saturated heterocycles. The summed E-state index contributed by atoms with van der Waals surface area (Å²) < 4.78 is 18.8. The van der Waals surface area contributed by atoms with Gasteiger partial charge in [-0.3, -0.25) is 4.79 Å². The van der Waals surface area contributed by atoms with Crippen molar-refractivity contribution >= 4 is 23.6 Å². The molecule has 7 heteroatoms. The summed E-state index contributed by atoms with van der Waals surface area (Å²) in [7, 11) is 1.62. The van der Waals surface area contributed by atoms with Crippen molar-refractivity contribution in [3.63, 3.8) is 0 Å². The molecule has 3 N–H and O–H groups in total. The summed E-state index contributed by atoms with van der Waals surface area (Å²) in [6.07, 6.45) is -0.599. The Hall–Kier alpha value is -3.29. The molecule has 36 heavy (non-hydrogen) atoms. The number of thioether (sulfide) groups is 1. The van der Waals surface area contributed by atoms with Gasteiger partial charge in [-0.1, -0.05) is 86.6 Å². The predicted octanol–water partition coefficient (Wildman–Crippen LogP) is 4.73. The van der Waals surface area contributed by atoms with Crippen LogP contribution in [0.15, 0.2) is 84.9 Å². The normalized spacial score (nSPS) is 13.1. The lowest BCUT2D eigenvalue weighted by Gasteiger charge is -2.26. The summed E-state index contributed by atoms with van der Waals surface area (Å²) in [5, 5.41) is 2.81. The number of ether oxygens (including phenoxy) is 2. The Labute approximate surface area is 219 Å². The van der Waals surface area contributed by atoms with Crippen LogP contribution < -0.4 is 15.8 Å². The van der Waals surface area contributed by atoms with Crippen molar-refractivity contribution in [2.45, 2.75) is 37.8 Å². The molecule has 6 nitrogen and oxygen atoms in total. The van der Waals surface area contributed by atoms with E-state index in [-0.39, 0.29) is 5.92 Å². The minimum atomic E-state index is -0.857. The van der Waals surface area contributed by atoms with Crippen LogP contribution in [0.4, 0.5) is 0 Å².